The number of benzene rings is 1. The molecule has 0 saturated carbocycles. The molecule has 0 atom stereocenters. The predicted octanol–water partition coefficient (Wildman–Crippen LogP) is 2.68. The minimum atomic E-state index is -0.180. The number of hydrogen-bond donors (Lipinski definition) is 1. The highest BCUT2D eigenvalue weighted by molar-refractivity contribution is 5.69. The highest BCUT2D eigenvalue weighted by Gasteiger charge is 2.07. The Morgan fingerprint density at radius 2 is 2.00 bits per heavy atom. The molecule has 4 heteroatoms. The molecule has 0 spiro atoms. The maximum atomic E-state index is 11.4. The fraction of sp³-hybridized carbons (Fsp3) is 0.267. The van der Waals surface area contributed by atoms with Gasteiger partial charge in [-0.3, -0.25) is 4.79 Å². The number of hydrogen-bond acceptors (Lipinski definition) is 3. The molecule has 0 aliphatic carbocycles. The molecule has 0 saturated heterocycles. The smallest absolute Gasteiger partial charge is 0.306 e. The predicted molar refractivity (Wildman–Crippen MR) is 72.4 cm³/mol. The van der Waals surface area contributed by atoms with Crippen LogP contribution in [0.15, 0.2) is 42.6 Å². The van der Waals surface area contributed by atoms with E-state index in [0.29, 0.717) is 19.4 Å². The normalized spacial score (nSPS) is 10.4. The van der Waals surface area contributed by atoms with E-state index in [-0.39, 0.29) is 11.7 Å². The molecule has 0 aliphatic rings. The number of carbonyl (C=O) groups excluding carboxylic acids is 1. The van der Waals surface area contributed by atoms with Crippen molar-refractivity contribution in [3.8, 4) is 11.4 Å². The van der Waals surface area contributed by atoms with Crippen LogP contribution in [0.5, 0.6) is 5.75 Å². The van der Waals surface area contributed by atoms with Gasteiger partial charge >= 0.3 is 5.97 Å². The molecule has 1 heterocycles. The summed E-state index contributed by atoms with van der Waals surface area (Å²) in [4.78, 5) is 11.4. The van der Waals surface area contributed by atoms with E-state index in [4.69, 9.17) is 4.74 Å². The molecular formula is C15H17NO3. The van der Waals surface area contributed by atoms with Crippen molar-refractivity contribution >= 4 is 5.97 Å². The zero-order valence-electron chi connectivity index (χ0n) is 10.9. The number of phenolic OH excluding ortho intramolecular Hbond substituents is 1. The Labute approximate surface area is 112 Å². The summed E-state index contributed by atoms with van der Waals surface area (Å²) in [5.41, 5.74) is 2.00. The summed E-state index contributed by atoms with van der Waals surface area (Å²) in [6.45, 7) is 2.22. The molecule has 2 rings (SSSR count). The molecule has 19 heavy (non-hydrogen) atoms. The maximum Gasteiger partial charge on any atom is 0.306 e. The van der Waals surface area contributed by atoms with Crippen molar-refractivity contribution in [1.29, 1.82) is 0 Å². The van der Waals surface area contributed by atoms with Crippen LogP contribution in [0.2, 0.25) is 0 Å². The van der Waals surface area contributed by atoms with Crippen LogP contribution >= 0.6 is 0 Å². The monoisotopic (exact) mass is 259 g/mol. The largest absolute Gasteiger partial charge is 0.508 e. The van der Waals surface area contributed by atoms with E-state index in [1.807, 2.05) is 35.0 Å². The first kappa shape index (κ1) is 13.2. The second-order valence-corrected chi connectivity index (χ2v) is 4.19. The molecule has 4 nitrogen and oxygen atoms in total. The maximum absolute atomic E-state index is 11.4. The van der Waals surface area contributed by atoms with E-state index >= 15 is 0 Å². The van der Waals surface area contributed by atoms with Crippen LogP contribution in [0.4, 0.5) is 0 Å². The minimum Gasteiger partial charge on any atom is -0.508 e. The van der Waals surface area contributed by atoms with Gasteiger partial charge in [0.2, 0.25) is 0 Å². The first-order valence-electron chi connectivity index (χ1n) is 6.32. The molecule has 2 aromatic rings. The van der Waals surface area contributed by atoms with Crippen molar-refractivity contribution in [3.05, 3.63) is 48.3 Å². The molecule has 1 aromatic heterocycles. The summed E-state index contributed by atoms with van der Waals surface area (Å²) in [5.74, 6) is 0.0601. The van der Waals surface area contributed by atoms with Crippen LogP contribution in [0.1, 0.15) is 19.0 Å². The van der Waals surface area contributed by atoms with Crippen LogP contribution in [0.25, 0.3) is 5.69 Å². The van der Waals surface area contributed by atoms with Gasteiger partial charge in [-0.25, -0.2) is 0 Å². The fourth-order valence-electron chi connectivity index (χ4n) is 1.95. The number of aromatic hydroxyl groups is 1. The van der Waals surface area contributed by atoms with Gasteiger partial charge in [-0.1, -0.05) is 0 Å². The Balaban J connectivity index is 2.09. The summed E-state index contributed by atoms with van der Waals surface area (Å²) < 4.78 is 6.92. The van der Waals surface area contributed by atoms with Gasteiger partial charge < -0.3 is 14.4 Å². The zero-order chi connectivity index (χ0) is 13.7. The SMILES string of the molecule is CCOC(=O)CCc1cccn1-c1ccc(O)cc1. The minimum absolute atomic E-state index is 0.180. The Hall–Kier alpha value is -2.23. The average molecular weight is 259 g/mol. The molecule has 100 valence electrons. The molecule has 0 bridgehead atoms. The lowest BCUT2D eigenvalue weighted by Gasteiger charge is -2.09. The first-order valence-corrected chi connectivity index (χ1v) is 6.32. The molecule has 0 radical (unpaired) electrons. The lowest BCUT2D eigenvalue weighted by Crippen LogP contribution is -2.07. The van der Waals surface area contributed by atoms with Gasteiger partial charge in [-0.15, -0.1) is 0 Å². The average Bonchev–Trinajstić information content (AvgIpc) is 2.86. The zero-order valence-corrected chi connectivity index (χ0v) is 10.9. The lowest BCUT2D eigenvalue weighted by molar-refractivity contribution is -0.143. The third-order valence-corrected chi connectivity index (χ3v) is 2.85. The third kappa shape index (κ3) is 3.37. The van der Waals surface area contributed by atoms with Crippen LogP contribution in [-0.4, -0.2) is 22.2 Å². The number of nitrogens with zero attached hydrogens (tertiary/aromatic N) is 1. The van der Waals surface area contributed by atoms with E-state index in [0.717, 1.165) is 11.4 Å². The van der Waals surface area contributed by atoms with E-state index in [2.05, 4.69) is 0 Å². The van der Waals surface area contributed by atoms with Gasteiger partial charge in [0.25, 0.3) is 0 Å². The van der Waals surface area contributed by atoms with Gasteiger partial charge in [-0.2, -0.15) is 0 Å². The van der Waals surface area contributed by atoms with Gasteiger partial charge in [0.1, 0.15) is 5.75 Å². The van der Waals surface area contributed by atoms with Crippen LogP contribution in [-0.2, 0) is 16.0 Å². The van der Waals surface area contributed by atoms with Crippen LogP contribution in [0, 0.1) is 0 Å². The number of aromatic nitrogens is 1. The van der Waals surface area contributed by atoms with Crippen molar-refractivity contribution in [2.75, 3.05) is 6.61 Å². The molecule has 0 aliphatic heterocycles. The number of phenols is 1. The Bertz CT molecular complexity index is 543. The van der Waals surface area contributed by atoms with Gasteiger partial charge in [0.15, 0.2) is 0 Å². The number of esters is 1. The van der Waals surface area contributed by atoms with Crippen molar-refractivity contribution in [2.24, 2.45) is 0 Å². The number of rotatable bonds is 5. The second-order valence-electron chi connectivity index (χ2n) is 4.19. The van der Waals surface area contributed by atoms with Crippen LogP contribution < -0.4 is 0 Å². The van der Waals surface area contributed by atoms with Crippen molar-refractivity contribution in [3.63, 3.8) is 0 Å². The summed E-state index contributed by atoms with van der Waals surface area (Å²) in [7, 11) is 0. The van der Waals surface area contributed by atoms with Crippen molar-refractivity contribution in [1.82, 2.24) is 4.57 Å². The summed E-state index contributed by atoms with van der Waals surface area (Å²) >= 11 is 0. The first-order chi connectivity index (χ1) is 9.20. The Kier molecular flexibility index (Phi) is 4.23. The fourth-order valence-corrected chi connectivity index (χ4v) is 1.95. The lowest BCUT2D eigenvalue weighted by atomic mass is 10.2. The van der Waals surface area contributed by atoms with Crippen LogP contribution in [0.3, 0.4) is 0 Å². The molecule has 0 unspecified atom stereocenters. The molecular weight excluding hydrogens is 242 g/mol. The van der Waals surface area contributed by atoms with E-state index < -0.39 is 0 Å². The summed E-state index contributed by atoms with van der Waals surface area (Å²) in [6, 6.07) is 10.9. The topological polar surface area (TPSA) is 51.5 Å². The highest BCUT2D eigenvalue weighted by Crippen LogP contribution is 2.17. The number of carbonyl (C=O) groups is 1. The van der Waals surface area contributed by atoms with Crippen molar-refractivity contribution in [2.45, 2.75) is 19.8 Å². The van der Waals surface area contributed by atoms with E-state index in [9.17, 15) is 9.90 Å². The van der Waals surface area contributed by atoms with Gasteiger partial charge in [-0.05, 0) is 49.7 Å². The molecule has 0 amide bonds. The standard InChI is InChI=1S/C15H17NO3/c1-2-19-15(18)10-7-12-4-3-11-16(12)13-5-8-14(17)9-6-13/h3-6,8-9,11,17H,2,7,10H2,1H3. The Morgan fingerprint density at radius 3 is 2.68 bits per heavy atom. The van der Waals surface area contributed by atoms with E-state index in [1.54, 1.807) is 19.1 Å². The third-order valence-electron chi connectivity index (χ3n) is 2.85. The molecule has 1 aromatic carbocycles. The van der Waals surface area contributed by atoms with Crippen molar-refractivity contribution < 1.29 is 14.6 Å². The van der Waals surface area contributed by atoms with E-state index in [1.165, 1.54) is 0 Å². The van der Waals surface area contributed by atoms with Gasteiger partial charge in [0.05, 0.1) is 13.0 Å². The number of aryl methyl sites for hydroxylation is 1. The summed E-state index contributed by atoms with van der Waals surface area (Å²) in [5, 5.41) is 9.29. The second kappa shape index (κ2) is 6.09. The molecule has 1 N–H and O–H groups in total. The quantitative estimate of drug-likeness (QED) is 0.840. The molecule has 0 fully saturated rings. The Morgan fingerprint density at radius 1 is 1.26 bits per heavy atom. The summed E-state index contributed by atoms with van der Waals surface area (Å²) in [6.07, 6.45) is 2.94. The van der Waals surface area contributed by atoms with Gasteiger partial charge in [0, 0.05) is 17.6 Å². The number of ether oxygens (including phenoxy) is 1. The highest BCUT2D eigenvalue weighted by atomic mass is 16.5.